The van der Waals surface area contributed by atoms with E-state index in [0.29, 0.717) is 23.6 Å². The maximum atomic E-state index is 12.4. The molecular formula is C20H24N2O6. The third-order valence-corrected chi connectivity index (χ3v) is 4.18. The number of methoxy groups -OCH3 is 1. The molecule has 0 radical (unpaired) electrons. The molecule has 0 bridgehead atoms. The van der Waals surface area contributed by atoms with Crippen LogP contribution in [-0.4, -0.2) is 41.9 Å². The van der Waals surface area contributed by atoms with Gasteiger partial charge in [-0.1, -0.05) is 12.1 Å². The number of hydrogen-bond donors (Lipinski definition) is 2. The van der Waals surface area contributed by atoms with Gasteiger partial charge in [0.1, 0.15) is 12.4 Å². The molecule has 0 heterocycles. The number of benzene rings is 2. The molecule has 0 aliphatic heterocycles. The van der Waals surface area contributed by atoms with Crippen LogP contribution in [0, 0.1) is 17.0 Å². The highest BCUT2D eigenvalue weighted by atomic mass is 16.6. The Balaban J connectivity index is 1.95. The number of carbonyl (C=O) groups is 1. The van der Waals surface area contributed by atoms with Gasteiger partial charge in [0.15, 0.2) is 5.60 Å². The molecule has 8 heteroatoms. The Labute approximate surface area is 163 Å². The Morgan fingerprint density at radius 2 is 1.93 bits per heavy atom. The van der Waals surface area contributed by atoms with Crippen LogP contribution in [0.4, 0.5) is 11.4 Å². The van der Waals surface area contributed by atoms with Gasteiger partial charge in [-0.25, -0.2) is 0 Å². The standard InChI is InChI=1S/C20H24N2O6/c1-14-12-16(6-9-18(14)22(25)26)21-19(23)20(2,24)13-28-17-7-4-15(5-8-17)10-11-27-3/h4-9,12,24H,10-11,13H2,1-3H3,(H,21,23). The molecule has 1 amide bonds. The minimum absolute atomic E-state index is 0.0398. The van der Waals surface area contributed by atoms with Crippen molar-refractivity contribution in [3.63, 3.8) is 0 Å². The molecule has 2 N–H and O–H groups in total. The molecule has 0 spiro atoms. The van der Waals surface area contributed by atoms with Gasteiger partial charge in [-0.2, -0.15) is 0 Å². The molecule has 0 aliphatic carbocycles. The van der Waals surface area contributed by atoms with Crippen molar-refractivity contribution in [2.45, 2.75) is 25.9 Å². The Bertz CT molecular complexity index is 833. The van der Waals surface area contributed by atoms with Gasteiger partial charge in [-0.3, -0.25) is 14.9 Å². The molecule has 1 atom stereocenters. The first-order valence-corrected chi connectivity index (χ1v) is 8.72. The highest BCUT2D eigenvalue weighted by Crippen LogP contribution is 2.22. The number of anilines is 1. The van der Waals surface area contributed by atoms with Crippen LogP contribution >= 0.6 is 0 Å². The predicted octanol–water partition coefficient (Wildman–Crippen LogP) is 2.86. The van der Waals surface area contributed by atoms with Crippen LogP contribution in [0.1, 0.15) is 18.1 Å². The summed E-state index contributed by atoms with van der Waals surface area (Å²) in [6.07, 6.45) is 0.783. The average molecular weight is 388 g/mol. The minimum atomic E-state index is -1.79. The molecule has 0 aliphatic rings. The lowest BCUT2D eigenvalue weighted by Gasteiger charge is -2.22. The third kappa shape index (κ3) is 5.77. The van der Waals surface area contributed by atoms with Gasteiger partial charge < -0.3 is 19.9 Å². The smallest absolute Gasteiger partial charge is 0.272 e. The van der Waals surface area contributed by atoms with Crippen molar-refractivity contribution >= 4 is 17.3 Å². The topological polar surface area (TPSA) is 111 Å². The van der Waals surface area contributed by atoms with Gasteiger partial charge >= 0.3 is 0 Å². The number of nitro groups is 1. The first-order chi connectivity index (χ1) is 13.2. The third-order valence-electron chi connectivity index (χ3n) is 4.18. The molecule has 0 fully saturated rings. The summed E-state index contributed by atoms with van der Waals surface area (Å²) >= 11 is 0. The number of rotatable bonds is 9. The van der Waals surface area contributed by atoms with Gasteiger partial charge in [0.25, 0.3) is 11.6 Å². The predicted molar refractivity (Wildman–Crippen MR) is 105 cm³/mol. The molecular weight excluding hydrogens is 364 g/mol. The van der Waals surface area contributed by atoms with Crippen molar-refractivity contribution in [2.75, 3.05) is 25.6 Å². The summed E-state index contributed by atoms with van der Waals surface area (Å²) in [5.74, 6) is -0.141. The normalized spacial score (nSPS) is 12.9. The van der Waals surface area contributed by atoms with E-state index in [9.17, 15) is 20.0 Å². The van der Waals surface area contributed by atoms with Gasteiger partial charge in [-0.05, 0) is 50.1 Å². The van der Waals surface area contributed by atoms with E-state index >= 15 is 0 Å². The molecule has 28 heavy (non-hydrogen) atoms. The lowest BCUT2D eigenvalue weighted by atomic mass is 10.1. The Kier molecular flexibility index (Phi) is 7.08. The summed E-state index contributed by atoms with van der Waals surface area (Å²) in [6, 6.07) is 11.5. The number of carbonyl (C=O) groups excluding carboxylic acids is 1. The number of hydrogen-bond acceptors (Lipinski definition) is 6. The zero-order chi connectivity index (χ0) is 20.7. The van der Waals surface area contributed by atoms with Crippen LogP contribution in [-0.2, 0) is 16.0 Å². The number of nitrogens with zero attached hydrogens (tertiary/aromatic N) is 1. The lowest BCUT2D eigenvalue weighted by molar-refractivity contribution is -0.385. The van der Waals surface area contributed by atoms with E-state index < -0.39 is 16.4 Å². The molecule has 8 nitrogen and oxygen atoms in total. The van der Waals surface area contributed by atoms with E-state index in [1.165, 1.54) is 25.1 Å². The van der Waals surface area contributed by atoms with E-state index in [1.807, 2.05) is 12.1 Å². The maximum Gasteiger partial charge on any atom is 0.272 e. The zero-order valence-electron chi connectivity index (χ0n) is 16.1. The second-order valence-electron chi connectivity index (χ2n) is 6.66. The van der Waals surface area contributed by atoms with Crippen molar-refractivity contribution in [3.8, 4) is 5.75 Å². The minimum Gasteiger partial charge on any atom is -0.490 e. The molecule has 2 aromatic carbocycles. The van der Waals surface area contributed by atoms with Crippen molar-refractivity contribution in [1.29, 1.82) is 0 Å². The molecule has 2 rings (SSSR count). The van der Waals surface area contributed by atoms with Crippen LogP contribution in [0.2, 0.25) is 0 Å². The first kappa shape index (κ1) is 21.3. The molecule has 1 unspecified atom stereocenters. The summed E-state index contributed by atoms with van der Waals surface area (Å²) < 4.78 is 10.6. The summed E-state index contributed by atoms with van der Waals surface area (Å²) in [6.45, 7) is 3.29. The molecule has 2 aromatic rings. The van der Waals surface area contributed by atoms with Crippen LogP contribution in [0.3, 0.4) is 0 Å². The van der Waals surface area contributed by atoms with Gasteiger partial charge in [0, 0.05) is 24.4 Å². The Morgan fingerprint density at radius 3 is 2.50 bits per heavy atom. The SMILES string of the molecule is COCCc1ccc(OCC(C)(O)C(=O)Nc2ccc([N+](=O)[O-])c(C)c2)cc1. The van der Waals surface area contributed by atoms with E-state index in [4.69, 9.17) is 9.47 Å². The second kappa shape index (κ2) is 9.29. The summed E-state index contributed by atoms with van der Waals surface area (Å²) in [5.41, 5.74) is 0.0297. The largest absolute Gasteiger partial charge is 0.490 e. The lowest BCUT2D eigenvalue weighted by Crippen LogP contribution is -2.45. The number of aryl methyl sites for hydroxylation is 1. The number of ether oxygens (including phenoxy) is 2. The summed E-state index contributed by atoms with van der Waals surface area (Å²) in [4.78, 5) is 22.7. The fourth-order valence-electron chi connectivity index (χ4n) is 2.47. The fourth-order valence-corrected chi connectivity index (χ4v) is 2.47. The molecule has 0 saturated heterocycles. The van der Waals surface area contributed by atoms with Gasteiger partial charge in [-0.15, -0.1) is 0 Å². The van der Waals surface area contributed by atoms with E-state index in [-0.39, 0.29) is 12.3 Å². The quantitative estimate of drug-likeness (QED) is 0.505. The summed E-state index contributed by atoms with van der Waals surface area (Å²) in [5, 5.41) is 23.8. The van der Waals surface area contributed by atoms with Crippen LogP contribution in [0.25, 0.3) is 0 Å². The maximum absolute atomic E-state index is 12.4. The number of nitro benzene ring substituents is 1. The van der Waals surface area contributed by atoms with Crippen molar-refractivity contribution in [3.05, 3.63) is 63.7 Å². The monoisotopic (exact) mass is 388 g/mol. The first-order valence-electron chi connectivity index (χ1n) is 8.72. The van der Waals surface area contributed by atoms with Crippen molar-refractivity contribution < 1.29 is 24.3 Å². The highest BCUT2D eigenvalue weighted by molar-refractivity contribution is 5.97. The fraction of sp³-hybridized carbons (Fsp3) is 0.350. The summed E-state index contributed by atoms with van der Waals surface area (Å²) in [7, 11) is 1.64. The second-order valence-corrected chi connectivity index (χ2v) is 6.66. The van der Waals surface area contributed by atoms with E-state index in [1.54, 1.807) is 26.2 Å². The molecule has 0 aromatic heterocycles. The number of nitrogens with one attached hydrogen (secondary N) is 1. The van der Waals surface area contributed by atoms with Gasteiger partial charge in [0.2, 0.25) is 0 Å². The van der Waals surface area contributed by atoms with Gasteiger partial charge in [0.05, 0.1) is 11.5 Å². The number of aliphatic hydroxyl groups is 1. The van der Waals surface area contributed by atoms with E-state index in [2.05, 4.69) is 5.32 Å². The van der Waals surface area contributed by atoms with Crippen molar-refractivity contribution in [1.82, 2.24) is 0 Å². The zero-order valence-corrected chi connectivity index (χ0v) is 16.1. The van der Waals surface area contributed by atoms with Crippen LogP contribution in [0.5, 0.6) is 5.75 Å². The van der Waals surface area contributed by atoms with Crippen LogP contribution < -0.4 is 10.1 Å². The Hall–Kier alpha value is -2.97. The number of amides is 1. The van der Waals surface area contributed by atoms with Crippen molar-refractivity contribution in [2.24, 2.45) is 0 Å². The van der Waals surface area contributed by atoms with E-state index in [0.717, 1.165) is 12.0 Å². The molecule has 0 saturated carbocycles. The molecule has 150 valence electrons. The average Bonchev–Trinajstić information content (AvgIpc) is 2.65. The highest BCUT2D eigenvalue weighted by Gasteiger charge is 2.31. The Morgan fingerprint density at radius 1 is 1.25 bits per heavy atom. The van der Waals surface area contributed by atoms with Crippen LogP contribution in [0.15, 0.2) is 42.5 Å².